The zero-order valence-corrected chi connectivity index (χ0v) is 15.2. The van der Waals surface area contributed by atoms with Crippen molar-refractivity contribution < 1.29 is 14.3 Å². The molecule has 0 aliphatic carbocycles. The van der Waals surface area contributed by atoms with Crippen molar-refractivity contribution in [2.75, 3.05) is 43.7 Å². The van der Waals surface area contributed by atoms with Gasteiger partial charge in [0.15, 0.2) is 0 Å². The molecule has 0 bridgehead atoms. The fourth-order valence-electron chi connectivity index (χ4n) is 2.28. The third kappa shape index (κ3) is 6.99. The number of carbonyl (C=O) groups is 1. The molecular weight excluding hydrogens is 336 g/mol. The Kier molecular flexibility index (Phi) is 9.40. The van der Waals surface area contributed by atoms with Crippen LogP contribution in [0.1, 0.15) is 12.0 Å². The normalized spacial score (nSPS) is 17.2. The zero-order chi connectivity index (χ0) is 15.8. The molecule has 1 unspecified atom stereocenters. The maximum Gasteiger partial charge on any atom is 0.225 e. The van der Waals surface area contributed by atoms with Crippen molar-refractivity contribution in [3.05, 3.63) is 23.8 Å². The van der Waals surface area contributed by atoms with E-state index < -0.39 is 0 Å². The summed E-state index contributed by atoms with van der Waals surface area (Å²) < 4.78 is 10.5. The van der Waals surface area contributed by atoms with E-state index in [-0.39, 0.29) is 24.4 Å². The number of aryl methyl sites for hydroxylation is 1. The second kappa shape index (κ2) is 10.8. The van der Waals surface area contributed by atoms with Gasteiger partial charge in [-0.3, -0.25) is 4.79 Å². The summed E-state index contributed by atoms with van der Waals surface area (Å²) in [7, 11) is 1.65. The van der Waals surface area contributed by atoms with Gasteiger partial charge in [0, 0.05) is 43.3 Å². The maximum atomic E-state index is 12.1. The van der Waals surface area contributed by atoms with Gasteiger partial charge in [0.05, 0.1) is 6.61 Å². The number of rotatable bonds is 7. The topological polar surface area (TPSA) is 59.6 Å². The lowest BCUT2D eigenvalue weighted by Gasteiger charge is -2.22. The number of benzene rings is 1. The van der Waals surface area contributed by atoms with Gasteiger partial charge in [-0.25, -0.2) is 0 Å². The molecule has 0 saturated carbocycles. The summed E-state index contributed by atoms with van der Waals surface area (Å²) in [5.74, 6) is 2.97. The van der Waals surface area contributed by atoms with E-state index in [1.807, 2.05) is 36.9 Å². The van der Waals surface area contributed by atoms with Crippen molar-refractivity contribution in [3.63, 3.8) is 0 Å². The second-order valence-electron chi connectivity index (χ2n) is 5.30. The Labute approximate surface area is 148 Å². The molecule has 1 saturated heterocycles. The summed E-state index contributed by atoms with van der Waals surface area (Å²) in [4.78, 5) is 12.1. The van der Waals surface area contributed by atoms with Crippen LogP contribution in [0.2, 0.25) is 0 Å². The van der Waals surface area contributed by atoms with Gasteiger partial charge >= 0.3 is 0 Å². The molecule has 7 heteroatoms. The zero-order valence-electron chi connectivity index (χ0n) is 13.6. The first-order valence-corrected chi connectivity index (χ1v) is 8.68. The minimum Gasteiger partial charge on any atom is -0.491 e. The molecule has 1 aliphatic heterocycles. The fourth-order valence-corrected chi connectivity index (χ4v) is 3.23. The molecule has 1 aliphatic rings. The molecule has 2 N–H and O–H groups in total. The van der Waals surface area contributed by atoms with E-state index in [4.69, 9.17) is 9.47 Å². The molecule has 23 heavy (non-hydrogen) atoms. The van der Waals surface area contributed by atoms with Crippen LogP contribution in [-0.4, -0.2) is 50.3 Å². The molecule has 1 aromatic carbocycles. The molecule has 5 nitrogen and oxygen atoms in total. The maximum absolute atomic E-state index is 12.1. The Balaban J connectivity index is 0.00000264. The van der Waals surface area contributed by atoms with Crippen LogP contribution in [0.4, 0.5) is 5.69 Å². The highest BCUT2D eigenvalue weighted by Crippen LogP contribution is 2.22. The number of hydrogen-bond donors (Lipinski definition) is 2. The summed E-state index contributed by atoms with van der Waals surface area (Å²) in [6, 6.07) is 5.96. The summed E-state index contributed by atoms with van der Waals surface area (Å²) in [5.41, 5.74) is 1.83. The van der Waals surface area contributed by atoms with Gasteiger partial charge in [0.25, 0.3) is 0 Å². The van der Waals surface area contributed by atoms with E-state index in [9.17, 15) is 4.79 Å². The molecule has 0 radical (unpaired) electrons. The molecule has 1 fully saturated rings. The standard InChI is InChI=1S/C16H24N2O3S.ClH/c1-12-9-14(21-7-6-20-2)3-4-15(12)18-16(19)10-13-11-22-8-5-17-13;/h3-4,9,13,17H,5-8,10-11H2,1-2H3,(H,18,19);1H. The van der Waals surface area contributed by atoms with Gasteiger partial charge in [-0.2, -0.15) is 11.8 Å². The first kappa shape index (κ1) is 20.1. The smallest absolute Gasteiger partial charge is 0.225 e. The Morgan fingerprint density at radius 3 is 2.91 bits per heavy atom. The fraction of sp³-hybridized carbons (Fsp3) is 0.562. The van der Waals surface area contributed by atoms with E-state index in [1.54, 1.807) is 7.11 Å². The number of hydrogen-bond acceptors (Lipinski definition) is 5. The van der Waals surface area contributed by atoms with Gasteiger partial charge in [0.1, 0.15) is 12.4 Å². The first-order chi connectivity index (χ1) is 10.7. The number of methoxy groups -OCH3 is 1. The van der Waals surface area contributed by atoms with Crippen LogP contribution < -0.4 is 15.4 Å². The molecule has 1 atom stereocenters. The van der Waals surface area contributed by atoms with Gasteiger partial charge in [-0.05, 0) is 30.7 Å². The first-order valence-electron chi connectivity index (χ1n) is 7.52. The Morgan fingerprint density at radius 1 is 1.43 bits per heavy atom. The van der Waals surface area contributed by atoms with Crippen molar-refractivity contribution in [2.24, 2.45) is 0 Å². The Hall–Kier alpha value is -0.950. The summed E-state index contributed by atoms with van der Waals surface area (Å²) >= 11 is 1.90. The highest BCUT2D eigenvalue weighted by Gasteiger charge is 2.17. The molecule has 130 valence electrons. The van der Waals surface area contributed by atoms with E-state index in [2.05, 4.69) is 10.6 Å². The average molecular weight is 361 g/mol. The molecular formula is C16H25ClN2O3S. The Bertz CT molecular complexity index is 496. The molecule has 0 spiro atoms. The van der Waals surface area contributed by atoms with Crippen LogP contribution >= 0.6 is 24.2 Å². The summed E-state index contributed by atoms with van der Waals surface area (Å²) in [6.07, 6.45) is 0.512. The molecule has 1 amide bonds. The third-order valence-electron chi connectivity index (χ3n) is 3.46. The van der Waals surface area contributed by atoms with E-state index in [0.717, 1.165) is 35.1 Å². The molecule has 2 rings (SSSR count). The average Bonchev–Trinajstić information content (AvgIpc) is 2.51. The Morgan fingerprint density at radius 2 is 2.26 bits per heavy atom. The number of carbonyl (C=O) groups excluding carboxylic acids is 1. The van der Waals surface area contributed by atoms with Crippen molar-refractivity contribution in [2.45, 2.75) is 19.4 Å². The minimum absolute atomic E-state index is 0. The van der Waals surface area contributed by atoms with Crippen LogP contribution in [0.5, 0.6) is 5.75 Å². The predicted molar refractivity (Wildman–Crippen MR) is 98.2 cm³/mol. The minimum atomic E-state index is 0. The van der Waals surface area contributed by atoms with Crippen molar-refractivity contribution in [3.8, 4) is 5.75 Å². The van der Waals surface area contributed by atoms with Crippen LogP contribution in [0.25, 0.3) is 0 Å². The lowest BCUT2D eigenvalue weighted by Crippen LogP contribution is -2.39. The van der Waals surface area contributed by atoms with Crippen LogP contribution in [0.15, 0.2) is 18.2 Å². The highest BCUT2D eigenvalue weighted by molar-refractivity contribution is 7.99. The van der Waals surface area contributed by atoms with E-state index in [0.29, 0.717) is 19.6 Å². The van der Waals surface area contributed by atoms with Crippen LogP contribution in [0.3, 0.4) is 0 Å². The largest absolute Gasteiger partial charge is 0.491 e. The lowest BCUT2D eigenvalue weighted by atomic mass is 10.1. The quantitative estimate of drug-likeness (QED) is 0.731. The van der Waals surface area contributed by atoms with Gasteiger partial charge in [0.2, 0.25) is 5.91 Å². The molecule has 1 heterocycles. The van der Waals surface area contributed by atoms with Crippen LogP contribution in [0, 0.1) is 6.92 Å². The second-order valence-corrected chi connectivity index (χ2v) is 6.45. The van der Waals surface area contributed by atoms with Crippen molar-refractivity contribution in [1.82, 2.24) is 5.32 Å². The lowest BCUT2D eigenvalue weighted by molar-refractivity contribution is -0.116. The number of nitrogens with one attached hydrogen (secondary N) is 2. The predicted octanol–water partition coefficient (Wildman–Crippen LogP) is 2.48. The van der Waals surface area contributed by atoms with Crippen LogP contribution in [-0.2, 0) is 9.53 Å². The van der Waals surface area contributed by atoms with Crippen molar-refractivity contribution in [1.29, 1.82) is 0 Å². The summed E-state index contributed by atoms with van der Waals surface area (Å²) in [6.45, 7) is 4.03. The van der Waals surface area contributed by atoms with Crippen molar-refractivity contribution >= 4 is 35.8 Å². The third-order valence-corrected chi connectivity index (χ3v) is 4.59. The van der Waals surface area contributed by atoms with Gasteiger partial charge in [-0.1, -0.05) is 0 Å². The van der Waals surface area contributed by atoms with Gasteiger partial charge in [-0.15, -0.1) is 12.4 Å². The number of ether oxygens (including phenoxy) is 2. The molecule has 0 aromatic heterocycles. The van der Waals surface area contributed by atoms with Gasteiger partial charge < -0.3 is 20.1 Å². The number of thioether (sulfide) groups is 1. The van der Waals surface area contributed by atoms with E-state index >= 15 is 0 Å². The number of halogens is 1. The highest BCUT2D eigenvalue weighted by atomic mass is 35.5. The van der Waals surface area contributed by atoms with E-state index in [1.165, 1.54) is 0 Å². The monoisotopic (exact) mass is 360 g/mol. The molecule has 1 aromatic rings. The number of anilines is 1. The summed E-state index contributed by atoms with van der Waals surface area (Å²) in [5, 5.41) is 6.36. The number of amides is 1. The SMILES string of the molecule is COCCOc1ccc(NC(=O)CC2CSCCN2)c(C)c1.Cl.